The van der Waals surface area contributed by atoms with Gasteiger partial charge in [-0.15, -0.1) is 0 Å². The summed E-state index contributed by atoms with van der Waals surface area (Å²) in [6.07, 6.45) is -1.70. The topological polar surface area (TPSA) is 26.3 Å². The van der Waals surface area contributed by atoms with E-state index in [1.54, 1.807) is 0 Å². The van der Waals surface area contributed by atoms with Gasteiger partial charge in [0.15, 0.2) is 0 Å². The summed E-state index contributed by atoms with van der Waals surface area (Å²) >= 11 is 0. The summed E-state index contributed by atoms with van der Waals surface area (Å²) in [5, 5.41) is 0. The van der Waals surface area contributed by atoms with Gasteiger partial charge in [0, 0.05) is 18.9 Å². The Kier molecular flexibility index (Phi) is 7.38. The predicted octanol–water partition coefficient (Wildman–Crippen LogP) is 3.35. The van der Waals surface area contributed by atoms with E-state index in [9.17, 15) is 18.0 Å². The van der Waals surface area contributed by atoms with Crippen molar-refractivity contribution in [2.45, 2.75) is 45.7 Å². The van der Waals surface area contributed by atoms with Crippen LogP contribution in [-0.4, -0.2) is 25.2 Å². The number of halogens is 3. The van der Waals surface area contributed by atoms with Gasteiger partial charge in [-0.25, -0.2) is 0 Å². The van der Waals surface area contributed by atoms with E-state index in [1.165, 1.54) is 0 Å². The van der Waals surface area contributed by atoms with Crippen molar-refractivity contribution in [1.29, 1.82) is 0 Å². The van der Waals surface area contributed by atoms with Gasteiger partial charge in [-0.2, -0.15) is 13.2 Å². The molecule has 5 heteroatoms. The molecule has 0 unspecified atom stereocenters. The SMILES string of the molecule is CC(C)C(=O)CCCCCOCC(F)(F)F. The highest BCUT2D eigenvalue weighted by Crippen LogP contribution is 2.14. The molecule has 2 nitrogen and oxygen atoms in total. The molecule has 96 valence electrons. The Bertz CT molecular complexity index is 200. The van der Waals surface area contributed by atoms with E-state index < -0.39 is 12.8 Å². The molecule has 0 aromatic rings. The lowest BCUT2D eigenvalue weighted by Gasteiger charge is -2.07. The van der Waals surface area contributed by atoms with Crippen molar-refractivity contribution >= 4 is 5.78 Å². The van der Waals surface area contributed by atoms with Gasteiger partial charge in [-0.1, -0.05) is 20.3 Å². The molecule has 0 aliphatic rings. The van der Waals surface area contributed by atoms with Crippen LogP contribution in [0, 0.1) is 5.92 Å². The van der Waals surface area contributed by atoms with E-state index in [1.807, 2.05) is 13.8 Å². The van der Waals surface area contributed by atoms with E-state index in [0.29, 0.717) is 12.8 Å². The fourth-order valence-corrected chi connectivity index (χ4v) is 1.16. The molecule has 0 aliphatic heterocycles. The average Bonchev–Trinajstić information content (AvgIpc) is 2.14. The van der Waals surface area contributed by atoms with Gasteiger partial charge in [0.1, 0.15) is 12.4 Å². The molecule has 0 heterocycles. The lowest BCUT2D eigenvalue weighted by Crippen LogP contribution is -2.17. The molecule has 0 aliphatic carbocycles. The average molecular weight is 240 g/mol. The maximum atomic E-state index is 11.7. The van der Waals surface area contributed by atoms with Crippen molar-refractivity contribution in [2.24, 2.45) is 5.92 Å². The molecule has 0 saturated carbocycles. The molecule has 0 N–H and O–H groups in total. The number of unbranched alkanes of at least 4 members (excludes halogenated alkanes) is 2. The minimum absolute atomic E-state index is 0.0430. The second-order valence-corrected chi connectivity index (χ2v) is 4.10. The zero-order chi connectivity index (χ0) is 12.6. The fourth-order valence-electron chi connectivity index (χ4n) is 1.16. The Balaban J connectivity index is 3.26. The number of ether oxygens (including phenoxy) is 1. The summed E-state index contributed by atoms with van der Waals surface area (Å²) in [6, 6.07) is 0. The van der Waals surface area contributed by atoms with E-state index >= 15 is 0 Å². The van der Waals surface area contributed by atoms with Crippen LogP contribution in [0.1, 0.15) is 39.5 Å². The summed E-state index contributed by atoms with van der Waals surface area (Å²) in [5.41, 5.74) is 0. The van der Waals surface area contributed by atoms with Crippen LogP contribution in [0.25, 0.3) is 0 Å². The van der Waals surface area contributed by atoms with Gasteiger partial charge in [0.2, 0.25) is 0 Å². The minimum Gasteiger partial charge on any atom is -0.372 e. The van der Waals surface area contributed by atoms with Crippen molar-refractivity contribution in [3.63, 3.8) is 0 Å². The van der Waals surface area contributed by atoms with Gasteiger partial charge in [0.25, 0.3) is 0 Å². The third-order valence-electron chi connectivity index (χ3n) is 2.12. The van der Waals surface area contributed by atoms with Crippen LogP contribution in [0.4, 0.5) is 13.2 Å². The maximum absolute atomic E-state index is 11.7. The standard InChI is InChI=1S/C11H19F3O2/c1-9(2)10(15)6-4-3-5-7-16-8-11(12,13)14/h9H,3-8H2,1-2H3. The molecule has 0 bridgehead atoms. The van der Waals surface area contributed by atoms with Gasteiger partial charge in [-0.05, 0) is 12.8 Å². The normalized spacial score (nSPS) is 12.1. The third-order valence-corrected chi connectivity index (χ3v) is 2.12. The smallest absolute Gasteiger partial charge is 0.372 e. The molecular formula is C11H19F3O2. The van der Waals surface area contributed by atoms with Gasteiger partial charge in [0.05, 0.1) is 0 Å². The Morgan fingerprint density at radius 3 is 2.31 bits per heavy atom. The van der Waals surface area contributed by atoms with Crippen LogP contribution >= 0.6 is 0 Å². The fraction of sp³-hybridized carbons (Fsp3) is 0.909. The second kappa shape index (κ2) is 7.65. The van der Waals surface area contributed by atoms with Crippen LogP contribution in [0.15, 0.2) is 0 Å². The Labute approximate surface area is 94.2 Å². The highest BCUT2D eigenvalue weighted by atomic mass is 19.4. The number of carbonyl (C=O) groups excluding carboxylic acids is 1. The number of Topliss-reactive ketones (excluding diaryl/α,β-unsaturated/α-hetero) is 1. The number of alkyl halides is 3. The first-order chi connectivity index (χ1) is 7.33. The van der Waals surface area contributed by atoms with Crippen LogP contribution < -0.4 is 0 Å². The summed E-state index contributed by atoms with van der Waals surface area (Å²) in [6.45, 7) is 2.61. The highest BCUT2D eigenvalue weighted by Gasteiger charge is 2.27. The number of rotatable bonds is 8. The second-order valence-electron chi connectivity index (χ2n) is 4.10. The third kappa shape index (κ3) is 9.96. The Morgan fingerprint density at radius 2 is 1.81 bits per heavy atom. The molecule has 0 atom stereocenters. The van der Waals surface area contributed by atoms with Crippen molar-refractivity contribution in [3.8, 4) is 0 Å². The minimum atomic E-state index is -4.24. The maximum Gasteiger partial charge on any atom is 0.411 e. The van der Waals surface area contributed by atoms with Crippen molar-refractivity contribution in [2.75, 3.05) is 13.2 Å². The van der Waals surface area contributed by atoms with Crippen LogP contribution in [0.2, 0.25) is 0 Å². The molecule has 0 aromatic carbocycles. The van der Waals surface area contributed by atoms with E-state index in [-0.39, 0.29) is 18.3 Å². The lowest BCUT2D eigenvalue weighted by molar-refractivity contribution is -0.174. The van der Waals surface area contributed by atoms with Gasteiger partial charge >= 0.3 is 6.18 Å². The number of ketones is 1. The Hall–Kier alpha value is -0.580. The van der Waals surface area contributed by atoms with E-state index in [2.05, 4.69) is 4.74 Å². The van der Waals surface area contributed by atoms with Crippen molar-refractivity contribution in [1.82, 2.24) is 0 Å². The van der Waals surface area contributed by atoms with Gasteiger partial charge in [-0.3, -0.25) is 4.79 Å². The molecule has 0 spiro atoms. The molecule has 0 rings (SSSR count). The van der Waals surface area contributed by atoms with E-state index in [0.717, 1.165) is 12.8 Å². The van der Waals surface area contributed by atoms with Crippen LogP contribution in [0.3, 0.4) is 0 Å². The monoisotopic (exact) mass is 240 g/mol. The molecular weight excluding hydrogens is 221 g/mol. The zero-order valence-corrected chi connectivity index (χ0v) is 9.77. The van der Waals surface area contributed by atoms with Crippen molar-refractivity contribution in [3.05, 3.63) is 0 Å². The molecule has 16 heavy (non-hydrogen) atoms. The van der Waals surface area contributed by atoms with Crippen LogP contribution in [-0.2, 0) is 9.53 Å². The first-order valence-corrected chi connectivity index (χ1v) is 5.50. The zero-order valence-electron chi connectivity index (χ0n) is 9.77. The molecule has 0 fully saturated rings. The largest absolute Gasteiger partial charge is 0.411 e. The number of carbonyl (C=O) groups is 1. The first kappa shape index (κ1) is 15.4. The summed E-state index contributed by atoms with van der Waals surface area (Å²) in [5.74, 6) is 0.248. The summed E-state index contributed by atoms with van der Waals surface area (Å²) in [7, 11) is 0. The molecule has 0 amide bonds. The van der Waals surface area contributed by atoms with Crippen LogP contribution in [0.5, 0.6) is 0 Å². The van der Waals surface area contributed by atoms with Gasteiger partial charge < -0.3 is 4.74 Å². The number of hydrogen-bond acceptors (Lipinski definition) is 2. The van der Waals surface area contributed by atoms with E-state index in [4.69, 9.17) is 0 Å². The predicted molar refractivity (Wildman–Crippen MR) is 55.2 cm³/mol. The Morgan fingerprint density at radius 1 is 1.19 bits per heavy atom. The number of hydrogen-bond donors (Lipinski definition) is 0. The molecule has 0 radical (unpaired) electrons. The first-order valence-electron chi connectivity index (χ1n) is 5.50. The lowest BCUT2D eigenvalue weighted by atomic mass is 10.0. The van der Waals surface area contributed by atoms with Crippen molar-refractivity contribution < 1.29 is 22.7 Å². The molecule has 0 saturated heterocycles. The quantitative estimate of drug-likeness (QED) is 0.608. The molecule has 0 aromatic heterocycles. The summed E-state index contributed by atoms with van der Waals surface area (Å²) in [4.78, 5) is 11.2. The highest BCUT2D eigenvalue weighted by molar-refractivity contribution is 5.80. The summed E-state index contributed by atoms with van der Waals surface area (Å²) < 4.78 is 39.4.